The number of thiazole rings is 1. The van der Waals surface area contributed by atoms with Crippen LogP contribution in [0, 0.1) is 11.8 Å². The van der Waals surface area contributed by atoms with Crippen molar-refractivity contribution in [3.05, 3.63) is 29.6 Å². The number of anilines is 2. The second kappa shape index (κ2) is 8.34. The maximum atomic E-state index is 12.2. The first kappa shape index (κ1) is 20.6. The molecule has 1 amide bonds. The molecule has 2 heterocycles. The number of carbonyl (C=O) groups excluding carboxylic acids is 1. The van der Waals surface area contributed by atoms with Gasteiger partial charge in [0.05, 0.1) is 11.9 Å². The Morgan fingerprint density at radius 2 is 1.96 bits per heavy atom. The van der Waals surface area contributed by atoms with Crippen LogP contribution in [0.2, 0.25) is 0 Å². The highest BCUT2D eigenvalue weighted by Gasteiger charge is 2.29. The highest BCUT2D eigenvalue weighted by molar-refractivity contribution is 7.92. The van der Waals surface area contributed by atoms with Gasteiger partial charge in [-0.1, -0.05) is 19.1 Å². The fraction of sp³-hybridized carbons (Fsp3) is 0.375. The number of sulfonamides is 1. The van der Waals surface area contributed by atoms with Crippen LogP contribution in [-0.4, -0.2) is 38.7 Å². The van der Waals surface area contributed by atoms with Crippen molar-refractivity contribution in [3.63, 3.8) is 0 Å². The summed E-state index contributed by atoms with van der Waals surface area (Å²) in [5.41, 5.74) is 2.09. The largest absolute Gasteiger partial charge is 0.316 e. The third kappa shape index (κ3) is 5.16. The van der Waals surface area contributed by atoms with Crippen molar-refractivity contribution < 1.29 is 13.2 Å². The van der Waals surface area contributed by atoms with Gasteiger partial charge in [0, 0.05) is 22.5 Å². The number of aromatic nitrogens is 1. The van der Waals surface area contributed by atoms with Crippen LogP contribution in [0.5, 0.6) is 0 Å². The molecular weight excluding hydrogens is 396 g/mol. The molecule has 142 valence electrons. The van der Waals surface area contributed by atoms with Crippen LogP contribution in [0.15, 0.2) is 29.6 Å². The van der Waals surface area contributed by atoms with E-state index in [1.807, 2.05) is 12.3 Å². The number of nitrogens with zero attached hydrogens (tertiary/aromatic N) is 1. The summed E-state index contributed by atoms with van der Waals surface area (Å²) in [4.78, 5) is 16.7. The van der Waals surface area contributed by atoms with Crippen LogP contribution >= 0.6 is 23.7 Å². The zero-order valence-corrected chi connectivity index (χ0v) is 16.8. The van der Waals surface area contributed by atoms with Gasteiger partial charge in [-0.3, -0.25) is 9.52 Å². The molecule has 1 fully saturated rings. The molecular formula is C16H21ClN4O3S2. The monoisotopic (exact) mass is 416 g/mol. The Bertz CT molecular complexity index is 864. The predicted octanol–water partition coefficient (Wildman–Crippen LogP) is 2.40. The van der Waals surface area contributed by atoms with E-state index >= 15 is 0 Å². The van der Waals surface area contributed by atoms with E-state index in [1.165, 1.54) is 11.3 Å². The second-order valence-corrected chi connectivity index (χ2v) is 8.79. The fourth-order valence-electron chi connectivity index (χ4n) is 2.48. The Labute approximate surface area is 163 Å². The van der Waals surface area contributed by atoms with E-state index in [0.717, 1.165) is 30.6 Å². The molecule has 0 radical (unpaired) electrons. The summed E-state index contributed by atoms with van der Waals surface area (Å²) in [6, 6.07) is 6.94. The zero-order valence-electron chi connectivity index (χ0n) is 14.4. The van der Waals surface area contributed by atoms with E-state index < -0.39 is 10.0 Å². The Hall–Kier alpha value is -1.68. The van der Waals surface area contributed by atoms with Crippen molar-refractivity contribution in [2.24, 2.45) is 11.8 Å². The number of hydrogen-bond donors (Lipinski definition) is 3. The Balaban J connectivity index is 0.00000243. The van der Waals surface area contributed by atoms with Gasteiger partial charge >= 0.3 is 0 Å². The topological polar surface area (TPSA) is 100 Å². The Morgan fingerprint density at radius 1 is 1.31 bits per heavy atom. The van der Waals surface area contributed by atoms with Gasteiger partial charge in [-0.25, -0.2) is 13.4 Å². The number of hydrogen-bond acceptors (Lipinski definition) is 6. The SMILES string of the molecule is CC(C(=O)Nc1nc(-c2ccc(NS(C)(=O)=O)cc2)cs1)C1CNC1.Cl. The summed E-state index contributed by atoms with van der Waals surface area (Å²) in [6.07, 6.45) is 1.11. The minimum absolute atomic E-state index is 0. The summed E-state index contributed by atoms with van der Waals surface area (Å²) in [5.74, 6) is 0.323. The molecule has 1 unspecified atom stereocenters. The normalized spacial score (nSPS) is 15.5. The molecule has 1 aromatic carbocycles. The van der Waals surface area contributed by atoms with E-state index in [0.29, 0.717) is 16.7 Å². The van der Waals surface area contributed by atoms with Crippen LogP contribution < -0.4 is 15.4 Å². The molecule has 10 heteroatoms. The molecule has 1 aliphatic rings. The lowest BCUT2D eigenvalue weighted by Crippen LogP contribution is -2.48. The van der Waals surface area contributed by atoms with Gasteiger partial charge in [0.15, 0.2) is 5.13 Å². The fourth-order valence-corrected chi connectivity index (χ4v) is 3.77. The lowest BCUT2D eigenvalue weighted by Gasteiger charge is -2.31. The minimum atomic E-state index is -3.29. The molecule has 1 aliphatic heterocycles. The van der Waals surface area contributed by atoms with E-state index in [1.54, 1.807) is 24.3 Å². The van der Waals surface area contributed by atoms with Crippen LogP contribution in [0.25, 0.3) is 11.3 Å². The van der Waals surface area contributed by atoms with Crippen molar-refractivity contribution in [2.45, 2.75) is 6.92 Å². The smallest absolute Gasteiger partial charge is 0.229 e. The minimum Gasteiger partial charge on any atom is -0.316 e. The molecule has 1 atom stereocenters. The molecule has 0 bridgehead atoms. The number of carbonyl (C=O) groups is 1. The predicted molar refractivity (Wildman–Crippen MR) is 107 cm³/mol. The van der Waals surface area contributed by atoms with Crippen LogP contribution in [-0.2, 0) is 14.8 Å². The number of nitrogens with one attached hydrogen (secondary N) is 3. The van der Waals surface area contributed by atoms with Crippen molar-refractivity contribution in [1.29, 1.82) is 0 Å². The molecule has 1 saturated heterocycles. The van der Waals surface area contributed by atoms with Gasteiger partial charge < -0.3 is 10.6 Å². The average molecular weight is 417 g/mol. The first-order valence-electron chi connectivity index (χ1n) is 7.87. The molecule has 0 spiro atoms. The third-order valence-electron chi connectivity index (χ3n) is 4.15. The Morgan fingerprint density at radius 3 is 2.50 bits per heavy atom. The number of amides is 1. The summed E-state index contributed by atoms with van der Waals surface area (Å²) in [6.45, 7) is 3.69. The molecule has 26 heavy (non-hydrogen) atoms. The lowest BCUT2D eigenvalue weighted by molar-refractivity contribution is -0.121. The van der Waals surface area contributed by atoms with Gasteiger partial charge in [0.25, 0.3) is 0 Å². The lowest BCUT2D eigenvalue weighted by atomic mass is 9.88. The first-order chi connectivity index (χ1) is 11.8. The molecule has 3 rings (SSSR count). The highest BCUT2D eigenvalue weighted by atomic mass is 35.5. The summed E-state index contributed by atoms with van der Waals surface area (Å²) in [5, 5.41) is 8.47. The number of benzene rings is 1. The van der Waals surface area contributed by atoms with Gasteiger partial charge in [0.2, 0.25) is 15.9 Å². The van der Waals surface area contributed by atoms with Crippen LogP contribution in [0.1, 0.15) is 6.92 Å². The van der Waals surface area contributed by atoms with Gasteiger partial charge in [-0.2, -0.15) is 0 Å². The molecule has 2 aromatic rings. The van der Waals surface area contributed by atoms with E-state index in [4.69, 9.17) is 0 Å². The van der Waals surface area contributed by atoms with Gasteiger partial charge in [-0.05, 0) is 31.1 Å². The third-order valence-corrected chi connectivity index (χ3v) is 5.52. The van der Waals surface area contributed by atoms with Crippen molar-refractivity contribution in [1.82, 2.24) is 10.3 Å². The standard InChI is InChI=1S/C16H20N4O3S2.ClH/c1-10(12-7-17-8-12)15(21)19-16-18-14(9-24-16)11-3-5-13(6-4-11)20-25(2,22)23;/h3-6,9-10,12,17,20H,7-8H2,1-2H3,(H,18,19,21);1H. The summed E-state index contributed by atoms with van der Waals surface area (Å²) < 4.78 is 24.9. The molecule has 0 aliphatic carbocycles. The van der Waals surface area contributed by atoms with Crippen molar-refractivity contribution >= 4 is 50.5 Å². The zero-order chi connectivity index (χ0) is 18.0. The maximum Gasteiger partial charge on any atom is 0.229 e. The number of halogens is 1. The first-order valence-corrected chi connectivity index (χ1v) is 10.6. The van der Waals surface area contributed by atoms with Crippen molar-refractivity contribution in [2.75, 3.05) is 29.4 Å². The van der Waals surface area contributed by atoms with Crippen LogP contribution in [0.3, 0.4) is 0 Å². The highest BCUT2D eigenvalue weighted by Crippen LogP contribution is 2.27. The molecule has 3 N–H and O–H groups in total. The van der Waals surface area contributed by atoms with E-state index in [-0.39, 0.29) is 24.2 Å². The van der Waals surface area contributed by atoms with E-state index in [9.17, 15) is 13.2 Å². The van der Waals surface area contributed by atoms with E-state index in [2.05, 4.69) is 20.3 Å². The number of rotatable bonds is 6. The van der Waals surface area contributed by atoms with Crippen LogP contribution in [0.4, 0.5) is 10.8 Å². The van der Waals surface area contributed by atoms with Crippen molar-refractivity contribution in [3.8, 4) is 11.3 Å². The van der Waals surface area contributed by atoms with Gasteiger partial charge in [0.1, 0.15) is 0 Å². The molecule has 1 aromatic heterocycles. The molecule has 7 nitrogen and oxygen atoms in total. The average Bonchev–Trinajstić information content (AvgIpc) is 2.93. The quantitative estimate of drug-likeness (QED) is 0.671. The molecule has 0 saturated carbocycles. The second-order valence-electron chi connectivity index (χ2n) is 6.19. The summed E-state index contributed by atoms with van der Waals surface area (Å²) in [7, 11) is -3.29. The Kier molecular flexibility index (Phi) is 6.62. The van der Waals surface area contributed by atoms with Gasteiger partial charge in [-0.15, -0.1) is 23.7 Å². The maximum absolute atomic E-state index is 12.2. The summed E-state index contributed by atoms with van der Waals surface area (Å²) >= 11 is 1.37.